The SMILES string of the molecule is C[C@@]1(F)[C@H](O)[C@@H](Cc2cc[c]cc2)O[C@H]1n1ccc(N)nc1=O. The van der Waals surface area contributed by atoms with Gasteiger partial charge >= 0.3 is 5.69 Å². The first-order valence-electron chi connectivity index (χ1n) is 7.21. The number of anilines is 1. The molecule has 1 aromatic heterocycles. The predicted molar refractivity (Wildman–Crippen MR) is 81.3 cm³/mol. The number of aliphatic hydroxyl groups excluding tert-OH is 1. The summed E-state index contributed by atoms with van der Waals surface area (Å²) in [7, 11) is 0. The second-order valence-electron chi connectivity index (χ2n) is 5.78. The normalized spacial score (nSPS) is 30.5. The van der Waals surface area contributed by atoms with Gasteiger partial charge in [-0.25, -0.2) is 9.18 Å². The monoisotopic (exact) mass is 318 g/mol. The van der Waals surface area contributed by atoms with Crippen molar-refractivity contribution in [2.24, 2.45) is 0 Å². The Labute approximate surface area is 132 Å². The number of halogens is 1. The number of hydrogen-bond acceptors (Lipinski definition) is 5. The number of nitrogen functional groups attached to an aromatic ring is 1. The summed E-state index contributed by atoms with van der Waals surface area (Å²) in [5.74, 6) is 0.0439. The lowest BCUT2D eigenvalue weighted by molar-refractivity contribution is -0.0502. The molecule has 2 aromatic rings. The number of hydrogen-bond donors (Lipinski definition) is 2. The zero-order valence-electron chi connectivity index (χ0n) is 12.5. The fourth-order valence-electron chi connectivity index (χ4n) is 2.77. The van der Waals surface area contributed by atoms with Crippen LogP contribution in [0.5, 0.6) is 0 Å². The van der Waals surface area contributed by atoms with Crippen LogP contribution in [0.3, 0.4) is 0 Å². The molecule has 0 spiro atoms. The lowest BCUT2D eigenvalue weighted by atomic mass is 9.95. The molecule has 1 fully saturated rings. The Morgan fingerprint density at radius 3 is 2.83 bits per heavy atom. The third-order valence-corrected chi connectivity index (χ3v) is 4.05. The Hall–Kier alpha value is -2.25. The molecule has 0 aliphatic carbocycles. The van der Waals surface area contributed by atoms with E-state index in [1.54, 1.807) is 12.1 Å². The fourth-order valence-corrected chi connectivity index (χ4v) is 2.77. The molecule has 3 rings (SSSR count). The molecule has 0 unspecified atom stereocenters. The van der Waals surface area contributed by atoms with E-state index in [1.807, 2.05) is 12.1 Å². The maximum atomic E-state index is 15.0. The Balaban J connectivity index is 1.89. The van der Waals surface area contributed by atoms with Crippen LogP contribution >= 0.6 is 0 Å². The van der Waals surface area contributed by atoms with Gasteiger partial charge in [0.1, 0.15) is 11.9 Å². The summed E-state index contributed by atoms with van der Waals surface area (Å²) in [6, 6.07) is 11.4. The van der Waals surface area contributed by atoms with Crippen molar-refractivity contribution in [3.8, 4) is 0 Å². The average Bonchev–Trinajstić information content (AvgIpc) is 2.72. The van der Waals surface area contributed by atoms with Crippen LogP contribution in [0.1, 0.15) is 18.7 Å². The van der Waals surface area contributed by atoms with Crippen molar-refractivity contribution in [1.29, 1.82) is 0 Å². The van der Waals surface area contributed by atoms with Crippen molar-refractivity contribution in [3.05, 3.63) is 58.6 Å². The maximum Gasteiger partial charge on any atom is 0.351 e. The molecule has 7 heteroatoms. The smallest absolute Gasteiger partial charge is 0.351 e. The summed E-state index contributed by atoms with van der Waals surface area (Å²) in [5, 5.41) is 10.3. The summed E-state index contributed by atoms with van der Waals surface area (Å²) < 4.78 is 21.6. The quantitative estimate of drug-likeness (QED) is 0.876. The van der Waals surface area contributed by atoms with E-state index in [0.717, 1.165) is 10.1 Å². The van der Waals surface area contributed by atoms with E-state index in [0.29, 0.717) is 6.42 Å². The number of alkyl halides is 1. The molecule has 4 atom stereocenters. The predicted octanol–water partition coefficient (Wildman–Crippen LogP) is 0.855. The van der Waals surface area contributed by atoms with Crippen molar-refractivity contribution in [3.63, 3.8) is 0 Å². The van der Waals surface area contributed by atoms with E-state index in [4.69, 9.17) is 10.5 Å². The van der Waals surface area contributed by atoms with Gasteiger partial charge in [0.25, 0.3) is 0 Å². The van der Waals surface area contributed by atoms with Crippen LogP contribution in [-0.2, 0) is 11.2 Å². The van der Waals surface area contributed by atoms with Gasteiger partial charge in [-0.15, -0.1) is 0 Å². The first-order valence-corrected chi connectivity index (χ1v) is 7.21. The van der Waals surface area contributed by atoms with E-state index >= 15 is 0 Å². The zero-order chi connectivity index (χ0) is 16.6. The van der Waals surface area contributed by atoms with Gasteiger partial charge in [-0.3, -0.25) is 4.57 Å². The van der Waals surface area contributed by atoms with Gasteiger partial charge in [-0.05, 0) is 24.6 Å². The van der Waals surface area contributed by atoms with Gasteiger partial charge in [0.2, 0.25) is 0 Å². The van der Waals surface area contributed by atoms with Gasteiger partial charge in [0.15, 0.2) is 11.9 Å². The van der Waals surface area contributed by atoms with E-state index < -0.39 is 29.8 Å². The number of aliphatic hydroxyl groups is 1. The molecular weight excluding hydrogens is 301 g/mol. The number of nitrogens with two attached hydrogens (primary N) is 1. The van der Waals surface area contributed by atoms with Gasteiger partial charge in [0, 0.05) is 12.6 Å². The average molecular weight is 318 g/mol. The van der Waals surface area contributed by atoms with Crippen LogP contribution in [0.4, 0.5) is 10.2 Å². The molecule has 6 nitrogen and oxygen atoms in total. The standard InChI is InChI=1S/C16H17FN3O3/c1-16(17)13(21)11(9-10-5-3-2-4-6-10)23-14(16)20-8-7-12(18)19-15(20)22/h3-8,11,13-14,21H,9H2,1H3,(H2,18,19,22)/t11-,13-,14-,16-/m1/s1. The van der Waals surface area contributed by atoms with E-state index in [9.17, 15) is 14.3 Å². The number of nitrogens with zero attached hydrogens (tertiary/aromatic N) is 2. The third kappa shape index (κ3) is 2.85. The highest BCUT2D eigenvalue weighted by Gasteiger charge is 2.55. The third-order valence-electron chi connectivity index (χ3n) is 4.05. The largest absolute Gasteiger partial charge is 0.387 e. The molecule has 23 heavy (non-hydrogen) atoms. The van der Waals surface area contributed by atoms with Crippen LogP contribution in [0.25, 0.3) is 0 Å². The first kappa shape index (κ1) is 15.6. The van der Waals surface area contributed by atoms with Crippen LogP contribution in [-0.4, -0.2) is 32.5 Å². The van der Waals surface area contributed by atoms with Crippen molar-refractivity contribution < 1.29 is 14.2 Å². The Morgan fingerprint density at radius 2 is 2.17 bits per heavy atom. The highest BCUT2D eigenvalue weighted by molar-refractivity contribution is 5.24. The highest BCUT2D eigenvalue weighted by atomic mass is 19.1. The van der Waals surface area contributed by atoms with Crippen LogP contribution in [0, 0.1) is 6.07 Å². The van der Waals surface area contributed by atoms with Gasteiger partial charge in [0.05, 0.1) is 6.10 Å². The summed E-state index contributed by atoms with van der Waals surface area (Å²) in [6.07, 6.45) is -1.77. The molecule has 3 N–H and O–H groups in total. The molecule has 121 valence electrons. The van der Waals surface area contributed by atoms with Gasteiger partial charge in [-0.2, -0.15) is 4.98 Å². The van der Waals surface area contributed by atoms with E-state index in [1.165, 1.54) is 19.2 Å². The van der Waals surface area contributed by atoms with Gasteiger partial charge in [-0.1, -0.05) is 24.3 Å². The van der Waals surface area contributed by atoms with Crippen LogP contribution < -0.4 is 11.4 Å². The molecule has 1 saturated heterocycles. The minimum absolute atomic E-state index is 0.0439. The fraction of sp³-hybridized carbons (Fsp3) is 0.375. The lowest BCUT2D eigenvalue weighted by Crippen LogP contribution is -2.42. The Kier molecular flexibility index (Phi) is 3.91. The molecule has 0 amide bonds. The van der Waals surface area contributed by atoms with Crippen molar-refractivity contribution in [2.75, 3.05) is 5.73 Å². The van der Waals surface area contributed by atoms with Crippen molar-refractivity contribution in [2.45, 2.75) is 37.4 Å². The first-order chi connectivity index (χ1) is 10.9. The Morgan fingerprint density at radius 1 is 1.48 bits per heavy atom. The van der Waals surface area contributed by atoms with E-state index in [2.05, 4.69) is 11.1 Å². The molecule has 1 aliphatic rings. The summed E-state index contributed by atoms with van der Waals surface area (Å²) in [6.45, 7) is 1.21. The van der Waals surface area contributed by atoms with Crippen molar-refractivity contribution in [1.82, 2.24) is 9.55 Å². The van der Waals surface area contributed by atoms with Crippen LogP contribution in [0.2, 0.25) is 0 Å². The van der Waals surface area contributed by atoms with E-state index in [-0.39, 0.29) is 5.82 Å². The number of ether oxygens (including phenoxy) is 1. The molecule has 0 bridgehead atoms. The minimum atomic E-state index is -2.13. The Bertz CT molecular complexity index is 748. The minimum Gasteiger partial charge on any atom is -0.387 e. The topological polar surface area (TPSA) is 90.4 Å². The zero-order valence-corrected chi connectivity index (χ0v) is 12.5. The number of benzene rings is 1. The number of aromatic nitrogens is 2. The molecule has 1 aromatic carbocycles. The van der Waals surface area contributed by atoms with Crippen LogP contribution in [0.15, 0.2) is 41.3 Å². The second kappa shape index (κ2) is 5.75. The lowest BCUT2D eigenvalue weighted by Gasteiger charge is -2.24. The maximum absolute atomic E-state index is 15.0. The van der Waals surface area contributed by atoms with Gasteiger partial charge < -0.3 is 15.6 Å². The molecule has 1 aliphatic heterocycles. The summed E-state index contributed by atoms with van der Waals surface area (Å²) in [5.41, 5.74) is 3.47. The van der Waals surface area contributed by atoms with Crippen molar-refractivity contribution >= 4 is 5.82 Å². The summed E-state index contributed by atoms with van der Waals surface area (Å²) >= 11 is 0. The second-order valence-corrected chi connectivity index (χ2v) is 5.78. The molecule has 0 saturated carbocycles. The molecule has 1 radical (unpaired) electrons. The summed E-state index contributed by atoms with van der Waals surface area (Å²) in [4.78, 5) is 15.5. The molecule has 2 heterocycles. The highest BCUT2D eigenvalue weighted by Crippen LogP contribution is 2.41. The number of rotatable bonds is 3. The molecular formula is C16H17FN3O3.